The molecule has 0 radical (unpaired) electrons. The summed E-state index contributed by atoms with van der Waals surface area (Å²) >= 11 is 0. The largest absolute Gasteiger partial charge is 0.497 e. The first-order chi connectivity index (χ1) is 29.2. The summed E-state index contributed by atoms with van der Waals surface area (Å²) in [6, 6.07) is 1.63. The molecule has 15 nitrogen and oxygen atoms in total. The minimum atomic E-state index is -4.22. The Morgan fingerprint density at radius 2 is 1.77 bits per heavy atom. The van der Waals surface area contributed by atoms with Crippen molar-refractivity contribution in [1.82, 2.24) is 30.2 Å². The number of nitrogens with zero attached hydrogens (tertiary/aromatic N) is 3. The summed E-state index contributed by atoms with van der Waals surface area (Å²) in [7, 11) is -2.79. The number of hydrogen-bond acceptors (Lipinski definition) is 11. The average molecular weight is 895 g/mol. The Balaban J connectivity index is 1.20. The molecule has 2 aliphatic heterocycles. The maximum absolute atomic E-state index is 16.6. The quantitative estimate of drug-likeness (QED) is 0.295. The Kier molecular flexibility index (Phi) is 11.3. The maximum atomic E-state index is 16.6. The van der Waals surface area contributed by atoms with E-state index in [1.165, 1.54) is 19.2 Å². The maximum Gasteiger partial charge on any atom is 0.408 e. The number of alkyl halides is 4. The van der Waals surface area contributed by atoms with Crippen LogP contribution in [0.15, 0.2) is 18.2 Å². The lowest BCUT2D eigenvalue weighted by Crippen LogP contribution is -2.61. The Morgan fingerprint density at radius 3 is 2.42 bits per heavy atom. The lowest BCUT2D eigenvalue weighted by atomic mass is 9.85. The van der Waals surface area contributed by atoms with E-state index in [4.69, 9.17) is 14.2 Å². The monoisotopic (exact) mass is 894 g/mol. The molecular weight excluding hydrogens is 841 g/mol. The number of sulfonamides is 1. The smallest absolute Gasteiger partial charge is 0.408 e. The highest BCUT2D eigenvalue weighted by molar-refractivity contribution is 7.91. The summed E-state index contributed by atoms with van der Waals surface area (Å²) < 4.78 is 107. The minimum Gasteiger partial charge on any atom is -0.497 e. The van der Waals surface area contributed by atoms with Crippen molar-refractivity contribution in [3.63, 3.8) is 0 Å². The summed E-state index contributed by atoms with van der Waals surface area (Å²) in [4.78, 5) is 67.0. The molecule has 1 unspecified atom stereocenters. The van der Waals surface area contributed by atoms with Gasteiger partial charge in [0.15, 0.2) is 5.69 Å². The molecule has 2 bridgehead atoms. The number of methoxy groups -OCH3 is 1. The predicted molar refractivity (Wildman–Crippen MR) is 214 cm³/mol. The van der Waals surface area contributed by atoms with Gasteiger partial charge in [-0.25, -0.2) is 32.0 Å². The third kappa shape index (κ3) is 8.35. The number of carbonyl (C=O) groups is 4. The van der Waals surface area contributed by atoms with Crippen molar-refractivity contribution in [3.8, 4) is 11.6 Å². The predicted octanol–water partition coefficient (Wildman–Crippen LogP) is 5.20. The molecule has 5 fully saturated rings. The van der Waals surface area contributed by atoms with Crippen LogP contribution in [0.4, 0.5) is 22.4 Å². The third-order valence-corrected chi connectivity index (χ3v) is 15.6. The van der Waals surface area contributed by atoms with Crippen molar-refractivity contribution in [3.05, 3.63) is 23.9 Å². The summed E-state index contributed by atoms with van der Waals surface area (Å²) in [5.41, 5.74) is -3.79. The number of benzene rings is 1. The normalized spacial score (nSPS) is 33.5. The molecule has 3 heterocycles. The SMILES string of the molecule is CC[C@@H]1[C@@H]2CN(C(=O)[C@H](C(C)(C)C)NC(=O)O[C@@H]3CC4C[C@@H]4[C@H]3CCCCC(F)(F)c3nc4ccc(OC)cc4nc3O2)[C@@H]1C(=O)N[C@]1(C(=O)NS(=O)(=O)C2CC2)C[C@H]1C(F)F. The zero-order valence-corrected chi connectivity index (χ0v) is 36.1. The fourth-order valence-electron chi connectivity index (χ4n) is 9.99. The van der Waals surface area contributed by atoms with E-state index in [1.54, 1.807) is 33.8 Å². The van der Waals surface area contributed by atoms with E-state index in [-0.39, 0.29) is 42.6 Å². The molecule has 8 rings (SSSR count). The van der Waals surface area contributed by atoms with Crippen molar-refractivity contribution < 1.29 is 59.4 Å². The number of halogens is 4. The van der Waals surface area contributed by atoms with Gasteiger partial charge in [0.1, 0.15) is 35.6 Å². The Bertz CT molecular complexity index is 2240. The van der Waals surface area contributed by atoms with E-state index in [0.717, 1.165) is 11.3 Å². The second-order valence-electron chi connectivity index (χ2n) is 19.1. The number of ether oxygens (including phenoxy) is 3. The first-order valence-electron chi connectivity index (χ1n) is 21.5. The first kappa shape index (κ1) is 44.1. The van der Waals surface area contributed by atoms with Crippen LogP contribution >= 0.6 is 0 Å². The number of fused-ring (bicyclic) bond motifs is 7. The highest BCUT2D eigenvalue weighted by atomic mass is 32.2. The second-order valence-corrected chi connectivity index (χ2v) is 21.0. The summed E-state index contributed by atoms with van der Waals surface area (Å²) in [5, 5.41) is 4.28. The molecule has 10 atom stereocenters. The number of hydrogen-bond donors (Lipinski definition) is 3. The van der Waals surface area contributed by atoms with Gasteiger partial charge in [-0.05, 0) is 86.7 Å². The van der Waals surface area contributed by atoms with Crippen LogP contribution in [0, 0.1) is 35.0 Å². The van der Waals surface area contributed by atoms with E-state index in [2.05, 4.69) is 20.6 Å². The van der Waals surface area contributed by atoms with Gasteiger partial charge in [0.05, 0.1) is 35.9 Å². The second kappa shape index (κ2) is 15.9. The van der Waals surface area contributed by atoms with Crippen LogP contribution in [0.25, 0.3) is 11.0 Å². The van der Waals surface area contributed by atoms with Crippen LogP contribution in [0.3, 0.4) is 0 Å². The van der Waals surface area contributed by atoms with E-state index in [0.29, 0.717) is 36.8 Å². The average Bonchev–Trinajstić information content (AvgIpc) is 4.13. The van der Waals surface area contributed by atoms with Gasteiger partial charge >= 0.3 is 6.09 Å². The van der Waals surface area contributed by atoms with Crippen molar-refractivity contribution in [2.24, 2.45) is 35.0 Å². The molecule has 2 aromatic rings. The molecule has 0 spiro atoms. The van der Waals surface area contributed by atoms with Crippen LogP contribution in [-0.4, -0.2) is 102 Å². The van der Waals surface area contributed by atoms with Gasteiger partial charge in [-0.1, -0.05) is 34.1 Å². The third-order valence-electron chi connectivity index (χ3n) is 13.8. The summed E-state index contributed by atoms with van der Waals surface area (Å²) in [5.74, 6) is -9.13. The summed E-state index contributed by atoms with van der Waals surface area (Å²) in [6.07, 6.45) is -3.67. The number of carbonyl (C=O) groups excluding carboxylic acids is 4. The molecule has 340 valence electrons. The minimum absolute atomic E-state index is 0.0572. The van der Waals surface area contributed by atoms with Gasteiger partial charge in [0.2, 0.25) is 34.1 Å². The van der Waals surface area contributed by atoms with Crippen molar-refractivity contribution >= 4 is 44.9 Å². The molecule has 4 aliphatic carbocycles. The molecule has 4 amide bonds. The topological polar surface area (TPSA) is 195 Å². The van der Waals surface area contributed by atoms with E-state index < -0.39 is 129 Å². The van der Waals surface area contributed by atoms with Gasteiger partial charge in [-0.15, -0.1) is 0 Å². The molecule has 4 saturated carbocycles. The van der Waals surface area contributed by atoms with Gasteiger partial charge in [-0.3, -0.25) is 19.1 Å². The highest BCUT2D eigenvalue weighted by Gasteiger charge is 2.67. The number of alkyl carbamates (subject to hydrolysis) is 1. The van der Waals surface area contributed by atoms with Gasteiger partial charge in [0.25, 0.3) is 11.8 Å². The van der Waals surface area contributed by atoms with Crippen molar-refractivity contribution in [2.75, 3.05) is 13.7 Å². The van der Waals surface area contributed by atoms with E-state index in [9.17, 15) is 36.4 Å². The van der Waals surface area contributed by atoms with Crippen molar-refractivity contribution in [2.45, 2.75) is 139 Å². The van der Waals surface area contributed by atoms with Gasteiger partial charge < -0.3 is 29.7 Å². The van der Waals surface area contributed by atoms with Crippen molar-refractivity contribution in [1.29, 1.82) is 0 Å². The number of amides is 4. The van der Waals surface area contributed by atoms with E-state index >= 15 is 8.78 Å². The standard InChI is InChI=1S/C42H54F4N6O9S/c1-6-23-30-19-52(31(23)35(53)50-41(18-26(41)34(43)44)38(55)51-62(57,58)22-11-12-22)37(54)33(40(2,3)4)49-39(56)61-29-16-20-15-25(20)24(29)9-7-8-14-42(45,46)32-36(60-30)48-28-17-21(59-5)10-13-27(28)47-32/h10,13,17,20,22-26,29-31,33-34H,6-9,11-12,14-16,18-19H2,1-5H3,(H,49,56)(H,50,53)(H,51,55)/t20?,23-,24-,25+,26+,29-,30+,31+,33-,41-/m1/s1. The molecule has 6 aliphatic rings. The lowest BCUT2D eigenvalue weighted by Gasteiger charge is -2.36. The Morgan fingerprint density at radius 1 is 1.03 bits per heavy atom. The Hall–Kier alpha value is -4.49. The molecule has 3 N–H and O–H groups in total. The van der Waals surface area contributed by atoms with Crippen LogP contribution in [0.2, 0.25) is 0 Å². The highest BCUT2D eigenvalue weighted by Crippen LogP contribution is 2.58. The van der Waals surface area contributed by atoms with Crippen LogP contribution in [-0.2, 0) is 35.1 Å². The van der Waals surface area contributed by atoms with Crippen LogP contribution in [0.1, 0.15) is 97.6 Å². The molecule has 62 heavy (non-hydrogen) atoms. The van der Waals surface area contributed by atoms with Crippen LogP contribution < -0.4 is 24.8 Å². The lowest BCUT2D eigenvalue weighted by molar-refractivity contribution is -0.144. The molecular formula is C42H54F4N6O9S. The van der Waals surface area contributed by atoms with Crippen LogP contribution in [0.5, 0.6) is 11.6 Å². The number of aromatic nitrogens is 2. The van der Waals surface area contributed by atoms with Gasteiger partial charge in [-0.2, -0.15) is 8.78 Å². The molecule has 1 saturated heterocycles. The Labute approximate surface area is 357 Å². The fraction of sp³-hybridized carbons (Fsp3) is 0.714. The molecule has 1 aromatic heterocycles. The zero-order chi connectivity index (χ0) is 44.7. The van der Waals surface area contributed by atoms with Gasteiger partial charge in [0, 0.05) is 18.4 Å². The number of nitrogens with one attached hydrogen (secondary N) is 3. The molecule has 1 aromatic carbocycles. The first-order valence-corrected chi connectivity index (χ1v) is 23.1. The number of rotatable bonds is 8. The zero-order valence-electron chi connectivity index (χ0n) is 35.3. The molecule has 20 heteroatoms. The fourth-order valence-corrected chi connectivity index (χ4v) is 11.4. The summed E-state index contributed by atoms with van der Waals surface area (Å²) in [6.45, 7) is 6.30. The van der Waals surface area contributed by atoms with E-state index in [1.807, 2.05) is 4.72 Å².